The summed E-state index contributed by atoms with van der Waals surface area (Å²) in [5.41, 5.74) is 0.800. The molecule has 0 bridgehead atoms. The third kappa shape index (κ3) is 4.82. The van der Waals surface area contributed by atoms with Crippen LogP contribution in [0.15, 0.2) is 23.2 Å². The number of hydrogen-bond acceptors (Lipinski definition) is 5. The van der Waals surface area contributed by atoms with Crippen molar-refractivity contribution in [3.05, 3.63) is 30.2 Å². The Kier molecular flexibility index (Phi) is 5.42. The van der Waals surface area contributed by atoms with E-state index < -0.39 is 0 Å². The lowest BCUT2D eigenvalue weighted by molar-refractivity contribution is -0.144. The maximum atomic E-state index is 11.4. The average Bonchev–Trinajstić information content (AvgIpc) is 2.64. The average molecular weight is 238 g/mol. The highest BCUT2D eigenvalue weighted by Gasteiger charge is 2.12. The first kappa shape index (κ1) is 13.4. The van der Waals surface area contributed by atoms with Crippen LogP contribution in [0.4, 0.5) is 0 Å². The van der Waals surface area contributed by atoms with E-state index >= 15 is 0 Å². The molecule has 0 aromatic carbocycles. The second kappa shape index (κ2) is 6.85. The van der Waals surface area contributed by atoms with Crippen LogP contribution in [0.5, 0.6) is 0 Å². The van der Waals surface area contributed by atoms with Crippen molar-refractivity contribution in [3.63, 3.8) is 0 Å². The molecule has 0 aliphatic heterocycles. The first-order chi connectivity index (χ1) is 8.15. The van der Waals surface area contributed by atoms with Crippen LogP contribution in [0.3, 0.4) is 0 Å². The molecule has 0 atom stereocenters. The van der Waals surface area contributed by atoms with Crippen molar-refractivity contribution in [2.24, 2.45) is 0 Å². The van der Waals surface area contributed by atoms with E-state index in [2.05, 4.69) is 11.7 Å². The zero-order valence-corrected chi connectivity index (χ0v) is 10.3. The molecule has 1 rings (SSSR count). The predicted molar refractivity (Wildman–Crippen MR) is 63.3 cm³/mol. The molecule has 5 heteroatoms. The molecule has 17 heavy (non-hydrogen) atoms. The third-order valence-electron chi connectivity index (χ3n) is 2.11. The van der Waals surface area contributed by atoms with Crippen LogP contribution < -0.4 is 0 Å². The van der Waals surface area contributed by atoms with Gasteiger partial charge in [0, 0.05) is 19.2 Å². The molecule has 0 aliphatic rings. The number of nitrogens with zero attached hydrogens (tertiary/aromatic N) is 2. The molecule has 0 fully saturated rings. The lowest BCUT2D eigenvalue weighted by Gasteiger charge is -2.17. The van der Waals surface area contributed by atoms with Crippen LogP contribution in [-0.2, 0) is 16.1 Å². The van der Waals surface area contributed by atoms with Gasteiger partial charge in [0.1, 0.15) is 5.76 Å². The van der Waals surface area contributed by atoms with E-state index in [1.54, 1.807) is 13.0 Å². The fraction of sp³-hybridized carbons (Fsp3) is 0.500. The Balaban J connectivity index is 2.53. The SMILES string of the molecule is C=CCN(CC(=O)OCC)Cc1cc(C)on1. The topological polar surface area (TPSA) is 55.6 Å². The van der Waals surface area contributed by atoms with Gasteiger partial charge in [-0.25, -0.2) is 0 Å². The largest absolute Gasteiger partial charge is 0.465 e. The molecule has 0 saturated carbocycles. The van der Waals surface area contributed by atoms with Gasteiger partial charge in [0.15, 0.2) is 0 Å². The fourth-order valence-electron chi connectivity index (χ4n) is 1.48. The Bertz CT molecular complexity index is 374. The second-order valence-electron chi connectivity index (χ2n) is 3.69. The van der Waals surface area contributed by atoms with E-state index in [4.69, 9.17) is 9.26 Å². The number of esters is 1. The van der Waals surface area contributed by atoms with Crippen LogP contribution in [0.2, 0.25) is 0 Å². The van der Waals surface area contributed by atoms with Crippen molar-refractivity contribution in [2.75, 3.05) is 19.7 Å². The van der Waals surface area contributed by atoms with Crippen molar-refractivity contribution in [1.82, 2.24) is 10.1 Å². The van der Waals surface area contributed by atoms with Gasteiger partial charge in [0.2, 0.25) is 0 Å². The molecule has 0 unspecified atom stereocenters. The van der Waals surface area contributed by atoms with E-state index in [1.165, 1.54) is 0 Å². The zero-order valence-electron chi connectivity index (χ0n) is 10.3. The minimum absolute atomic E-state index is 0.228. The summed E-state index contributed by atoms with van der Waals surface area (Å²) in [4.78, 5) is 13.3. The molecule has 0 aliphatic carbocycles. The van der Waals surface area contributed by atoms with Gasteiger partial charge in [0.25, 0.3) is 0 Å². The maximum Gasteiger partial charge on any atom is 0.320 e. The summed E-state index contributed by atoms with van der Waals surface area (Å²) in [6.07, 6.45) is 1.74. The molecule has 1 heterocycles. The summed E-state index contributed by atoms with van der Waals surface area (Å²) in [5, 5.41) is 3.89. The highest BCUT2D eigenvalue weighted by Crippen LogP contribution is 2.05. The number of hydrogen-bond donors (Lipinski definition) is 0. The Morgan fingerprint density at radius 3 is 3.00 bits per heavy atom. The Hall–Kier alpha value is -1.62. The molecule has 0 N–H and O–H groups in total. The predicted octanol–water partition coefficient (Wildman–Crippen LogP) is 1.53. The van der Waals surface area contributed by atoms with E-state index in [0.29, 0.717) is 19.7 Å². The van der Waals surface area contributed by atoms with Crippen molar-refractivity contribution >= 4 is 5.97 Å². The Morgan fingerprint density at radius 2 is 2.47 bits per heavy atom. The van der Waals surface area contributed by atoms with Gasteiger partial charge in [-0.3, -0.25) is 9.69 Å². The first-order valence-corrected chi connectivity index (χ1v) is 5.56. The summed E-state index contributed by atoms with van der Waals surface area (Å²) in [6, 6.07) is 1.85. The minimum atomic E-state index is -0.241. The van der Waals surface area contributed by atoms with Gasteiger partial charge < -0.3 is 9.26 Å². The van der Waals surface area contributed by atoms with Gasteiger partial charge in [-0.15, -0.1) is 6.58 Å². The summed E-state index contributed by atoms with van der Waals surface area (Å²) in [6.45, 7) is 9.05. The van der Waals surface area contributed by atoms with E-state index in [0.717, 1.165) is 11.5 Å². The standard InChI is InChI=1S/C12H18N2O3/c1-4-6-14(9-12(15)16-5-2)8-11-7-10(3)17-13-11/h4,7H,1,5-6,8-9H2,2-3H3. The van der Waals surface area contributed by atoms with Crippen molar-refractivity contribution in [2.45, 2.75) is 20.4 Å². The number of carbonyl (C=O) groups is 1. The van der Waals surface area contributed by atoms with Crippen LogP contribution in [0.25, 0.3) is 0 Å². The third-order valence-corrected chi connectivity index (χ3v) is 2.11. The highest BCUT2D eigenvalue weighted by molar-refractivity contribution is 5.71. The maximum absolute atomic E-state index is 11.4. The van der Waals surface area contributed by atoms with Crippen LogP contribution in [-0.4, -0.2) is 35.7 Å². The Morgan fingerprint density at radius 1 is 1.71 bits per heavy atom. The molecule has 5 nitrogen and oxygen atoms in total. The fourth-order valence-corrected chi connectivity index (χ4v) is 1.48. The lowest BCUT2D eigenvalue weighted by atomic mass is 10.3. The van der Waals surface area contributed by atoms with Crippen LogP contribution in [0.1, 0.15) is 18.4 Å². The molecule has 1 aromatic rings. The molecule has 0 saturated heterocycles. The smallest absolute Gasteiger partial charge is 0.320 e. The van der Waals surface area contributed by atoms with E-state index in [9.17, 15) is 4.79 Å². The van der Waals surface area contributed by atoms with Gasteiger partial charge in [-0.1, -0.05) is 11.2 Å². The Labute approximate surface area is 101 Å². The van der Waals surface area contributed by atoms with Gasteiger partial charge >= 0.3 is 5.97 Å². The molecule has 0 amide bonds. The lowest BCUT2D eigenvalue weighted by Crippen LogP contribution is -2.30. The molecule has 94 valence electrons. The number of rotatable bonds is 7. The van der Waals surface area contributed by atoms with Crippen LogP contribution in [0, 0.1) is 6.92 Å². The highest BCUT2D eigenvalue weighted by atomic mass is 16.5. The first-order valence-electron chi connectivity index (χ1n) is 5.56. The van der Waals surface area contributed by atoms with Gasteiger partial charge in [-0.05, 0) is 13.8 Å². The summed E-state index contributed by atoms with van der Waals surface area (Å²) >= 11 is 0. The molecule has 1 aromatic heterocycles. The molecular weight excluding hydrogens is 220 g/mol. The summed E-state index contributed by atoms with van der Waals surface area (Å²) in [7, 11) is 0. The van der Waals surface area contributed by atoms with Gasteiger partial charge in [-0.2, -0.15) is 0 Å². The minimum Gasteiger partial charge on any atom is -0.465 e. The summed E-state index contributed by atoms with van der Waals surface area (Å²) < 4.78 is 9.88. The van der Waals surface area contributed by atoms with Crippen LogP contribution >= 0.6 is 0 Å². The normalized spacial score (nSPS) is 10.5. The second-order valence-corrected chi connectivity index (χ2v) is 3.69. The molecular formula is C12H18N2O3. The number of aromatic nitrogens is 1. The monoisotopic (exact) mass is 238 g/mol. The number of aryl methyl sites for hydroxylation is 1. The van der Waals surface area contributed by atoms with Crippen molar-refractivity contribution in [1.29, 1.82) is 0 Å². The van der Waals surface area contributed by atoms with Crippen molar-refractivity contribution < 1.29 is 14.1 Å². The number of ether oxygens (including phenoxy) is 1. The number of carbonyl (C=O) groups excluding carboxylic acids is 1. The zero-order chi connectivity index (χ0) is 12.7. The van der Waals surface area contributed by atoms with Gasteiger partial charge in [0.05, 0.1) is 18.8 Å². The quantitative estimate of drug-likeness (QED) is 0.532. The molecule has 0 radical (unpaired) electrons. The summed E-state index contributed by atoms with van der Waals surface area (Å²) in [5.74, 6) is 0.518. The van der Waals surface area contributed by atoms with E-state index in [1.807, 2.05) is 17.9 Å². The molecule has 0 spiro atoms. The van der Waals surface area contributed by atoms with E-state index in [-0.39, 0.29) is 12.5 Å². The van der Waals surface area contributed by atoms with Crippen molar-refractivity contribution in [3.8, 4) is 0 Å².